The van der Waals surface area contributed by atoms with E-state index < -0.39 is 0 Å². The molecule has 0 radical (unpaired) electrons. The maximum Gasteiger partial charge on any atom is 0.225 e. The van der Waals surface area contributed by atoms with Crippen molar-refractivity contribution in [3.05, 3.63) is 0 Å². The molecule has 1 aliphatic carbocycles. The fourth-order valence-electron chi connectivity index (χ4n) is 2.61. The molecule has 1 saturated heterocycles. The van der Waals surface area contributed by atoms with E-state index in [1.165, 1.54) is 19.3 Å². The second-order valence-electron chi connectivity index (χ2n) is 4.66. The molecule has 2 fully saturated rings. The van der Waals surface area contributed by atoms with Gasteiger partial charge in [0.05, 0.1) is 0 Å². The molecule has 3 nitrogen and oxygen atoms in total. The second kappa shape index (κ2) is 4.30. The third-order valence-corrected chi connectivity index (χ3v) is 3.49. The SMILES string of the molecule is N[C@H]1CC[C@@H](C(=O)N2CCCCC2)C1. The van der Waals surface area contributed by atoms with Crippen LogP contribution in [0.1, 0.15) is 38.5 Å². The highest BCUT2D eigenvalue weighted by Gasteiger charge is 2.31. The number of piperidine rings is 1. The van der Waals surface area contributed by atoms with Crippen molar-refractivity contribution >= 4 is 5.91 Å². The maximum atomic E-state index is 12.0. The van der Waals surface area contributed by atoms with E-state index in [1.54, 1.807) is 0 Å². The summed E-state index contributed by atoms with van der Waals surface area (Å²) in [6.45, 7) is 1.95. The van der Waals surface area contributed by atoms with E-state index in [4.69, 9.17) is 5.73 Å². The van der Waals surface area contributed by atoms with Crippen molar-refractivity contribution in [3.8, 4) is 0 Å². The van der Waals surface area contributed by atoms with Gasteiger partial charge in [-0.2, -0.15) is 0 Å². The number of likely N-dealkylation sites (tertiary alicyclic amines) is 1. The Morgan fingerprint density at radius 2 is 1.86 bits per heavy atom. The smallest absolute Gasteiger partial charge is 0.225 e. The zero-order chi connectivity index (χ0) is 9.97. The highest BCUT2D eigenvalue weighted by atomic mass is 16.2. The maximum absolute atomic E-state index is 12.0. The van der Waals surface area contributed by atoms with E-state index in [-0.39, 0.29) is 12.0 Å². The van der Waals surface area contributed by atoms with Crippen LogP contribution < -0.4 is 5.73 Å². The fourth-order valence-corrected chi connectivity index (χ4v) is 2.61. The fraction of sp³-hybridized carbons (Fsp3) is 0.909. The average Bonchev–Trinajstić information content (AvgIpc) is 2.65. The van der Waals surface area contributed by atoms with Gasteiger partial charge in [-0.1, -0.05) is 0 Å². The molecule has 2 N–H and O–H groups in total. The first-order valence-corrected chi connectivity index (χ1v) is 5.82. The van der Waals surface area contributed by atoms with Crippen LogP contribution in [0, 0.1) is 5.92 Å². The Hall–Kier alpha value is -0.570. The van der Waals surface area contributed by atoms with E-state index in [0.29, 0.717) is 5.91 Å². The molecule has 3 heteroatoms. The minimum absolute atomic E-state index is 0.239. The molecule has 1 saturated carbocycles. The molecule has 2 aliphatic rings. The predicted molar refractivity (Wildman–Crippen MR) is 55.7 cm³/mol. The molecule has 2 atom stereocenters. The number of nitrogens with two attached hydrogens (primary N) is 1. The van der Waals surface area contributed by atoms with Crippen LogP contribution in [0.3, 0.4) is 0 Å². The second-order valence-corrected chi connectivity index (χ2v) is 4.66. The third kappa shape index (κ3) is 2.08. The molecule has 0 spiro atoms. The summed E-state index contributed by atoms with van der Waals surface area (Å²) in [5.41, 5.74) is 5.82. The zero-order valence-electron chi connectivity index (χ0n) is 8.74. The van der Waals surface area contributed by atoms with E-state index in [2.05, 4.69) is 0 Å². The van der Waals surface area contributed by atoms with Crippen LogP contribution in [0.5, 0.6) is 0 Å². The number of carbonyl (C=O) groups excluding carboxylic acids is 1. The lowest BCUT2D eigenvalue weighted by Gasteiger charge is -2.29. The van der Waals surface area contributed by atoms with Gasteiger partial charge < -0.3 is 10.6 Å². The van der Waals surface area contributed by atoms with Crippen LogP contribution in [0.2, 0.25) is 0 Å². The van der Waals surface area contributed by atoms with Crippen molar-refractivity contribution in [3.63, 3.8) is 0 Å². The van der Waals surface area contributed by atoms with Gasteiger partial charge in [0, 0.05) is 25.0 Å². The van der Waals surface area contributed by atoms with Crippen molar-refractivity contribution in [1.29, 1.82) is 0 Å². The van der Waals surface area contributed by atoms with Gasteiger partial charge in [-0.15, -0.1) is 0 Å². The largest absolute Gasteiger partial charge is 0.342 e. The molecule has 80 valence electrons. The topological polar surface area (TPSA) is 46.3 Å². The molecule has 1 aliphatic heterocycles. The Bertz CT molecular complexity index is 205. The summed E-state index contributed by atoms with van der Waals surface area (Å²) in [5.74, 6) is 0.612. The molecule has 0 unspecified atom stereocenters. The number of nitrogens with zero attached hydrogens (tertiary/aromatic N) is 1. The Morgan fingerprint density at radius 1 is 1.14 bits per heavy atom. The molecule has 0 bridgehead atoms. The lowest BCUT2D eigenvalue weighted by molar-refractivity contribution is -0.136. The molecular weight excluding hydrogens is 176 g/mol. The highest BCUT2D eigenvalue weighted by Crippen LogP contribution is 2.27. The van der Waals surface area contributed by atoms with Crippen LogP contribution in [0.15, 0.2) is 0 Å². The third-order valence-electron chi connectivity index (χ3n) is 3.49. The lowest BCUT2D eigenvalue weighted by atomic mass is 10.0. The molecule has 0 aromatic heterocycles. The van der Waals surface area contributed by atoms with Crippen LogP contribution in [0.4, 0.5) is 0 Å². The first-order chi connectivity index (χ1) is 6.77. The summed E-state index contributed by atoms with van der Waals surface area (Å²) < 4.78 is 0. The van der Waals surface area contributed by atoms with E-state index in [9.17, 15) is 4.79 Å². The number of rotatable bonds is 1. The standard InChI is InChI=1S/C11H20N2O/c12-10-5-4-9(8-10)11(14)13-6-2-1-3-7-13/h9-10H,1-8,12H2/t9-,10+/m1/s1. The average molecular weight is 196 g/mol. The molecule has 0 aromatic carbocycles. The van der Waals surface area contributed by atoms with E-state index >= 15 is 0 Å². The van der Waals surface area contributed by atoms with Gasteiger partial charge in [0.2, 0.25) is 5.91 Å². The number of amides is 1. The zero-order valence-corrected chi connectivity index (χ0v) is 8.74. The predicted octanol–water partition coefficient (Wildman–Crippen LogP) is 1.13. The number of hydrogen-bond acceptors (Lipinski definition) is 2. The molecule has 1 amide bonds. The minimum Gasteiger partial charge on any atom is -0.342 e. The Balaban J connectivity index is 1.87. The van der Waals surface area contributed by atoms with Gasteiger partial charge >= 0.3 is 0 Å². The Morgan fingerprint density at radius 3 is 2.43 bits per heavy atom. The Labute approximate surface area is 85.6 Å². The first kappa shape index (κ1) is 9.97. The quantitative estimate of drug-likeness (QED) is 0.683. The molecule has 0 aromatic rings. The van der Waals surface area contributed by atoms with E-state index in [0.717, 1.165) is 32.4 Å². The number of hydrogen-bond donors (Lipinski definition) is 1. The van der Waals surface area contributed by atoms with Gasteiger partial charge in [-0.3, -0.25) is 4.79 Å². The van der Waals surface area contributed by atoms with Crippen LogP contribution in [0.25, 0.3) is 0 Å². The van der Waals surface area contributed by atoms with Gasteiger partial charge in [0.15, 0.2) is 0 Å². The van der Waals surface area contributed by atoms with Crippen molar-refractivity contribution in [2.45, 2.75) is 44.6 Å². The van der Waals surface area contributed by atoms with Gasteiger partial charge in [0.1, 0.15) is 0 Å². The summed E-state index contributed by atoms with van der Waals surface area (Å²) in [4.78, 5) is 14.1. The molecular formula is C11H20N2O. The lowest BCUT2D eigenvalue weighted by Crippen LogP contribution is -2.39. The van der Waals surface area contributed by atoms with Crippen LogP contribution >= 0.6 is 0 Å². The van der Waals surface area contributed by atoms with Gasteiger partial charge in [-0.25, -0.2) is 0 Å². The normalized spacial score (nSPS) is 33.4. The van der Waals surface area contributed by atoms with Crippen molar-refractivity contribution in [2.24, 2.45) is 11.7 Å². The summed E-state index contributed by atoms with van der Waals surface area (Å²) >= 11 is 0. The van der Waals surface area contributed by atoms with Crippen molar-refractivity contribution in [1.82, 2.24) is 4.90 Å². The summed E-state index contributed by atoms with van der Waals surface area (Å²) in [6, 6.07) is 0.272. The van der Waals surface area contributed by atoms with Gasteiger partial charge in [0.25, 0.3) is 0 Å². The number of carbonyl (C=O) groups is 1. The van der Waals surface area contributed by atoms with Crippen molar-refractivity contribution < 1.29 is 4.79 Å². The summed E-state index contributed by atoms with van der Waals surface area (Å²) in [5, 5.41) is 0. The van der Waals surface area contributed by atoms with Crippen molar-refractivity contribution in [2.75, 3.05) is 13.1 Å². The minimum atomic E-state index is 0.239. The Kier molecular flexibility index (Phi) is 3.06. The van der Waals surface area contributed by atoms with Crippen LogP contribution in [-0.4, -0.2) is 29.9 Å². The molecule has 2 rings (SSSR count). The van der Waals surface area contributed by atoms with E-state index in [1.807, 2.05) is 4.90 Å². The summed E-state index contributed by atoms with van der Waals surface area (Å²) in [7, 11) is 0. The molecule has 14 heavy (non-hydrogen) atoms. The monoisotopic (exact) mass is 196 g/mol. The summed E-state index contributed by atoms with van der Waals surface area (Å²) in [6.07, 6.45) is 6.61. The molecule has 1 heterocycles. The van der Waals surface area contributed by atoms with Gasteiger partial charge in [-0.05, 0) is 38.5 Å². The first-order valence-electron chi connectivity index (χ1n) is 5.82. The van der Waals surface area contributed by atoms with Crippen LogP contribution in [-0.2, 0) is 4.79 Å². The highest BCUT2D eigenvalue weighted by molar-refractivity contribution is 5.79.